The highest BCUT2D eigenvalue weighted by Gasteiger charge is 2.24. The smallest absolute Gasteiger partial charge is 0.252 e. The van der Waals surface area contributed by atoms with Gasteiger partial charge in [0.1, 0.15) is 5.69 Å². The lowest BCUT2D eigenvalue weighted by atomic mass is 9.94. The van der Waals surface area contributed by atoms with Crippen LogP contribution in [0.1, 0.15) is 23.7 Å². The van der Waals surface area contributed by atoms with Gasteiger partial charge in [-0.15, -0.1) is 0 Å². The van der Waals surface area contributed by atoms with Crippen molar-refractivity contribution >= 4 is 16.8 Å². The van der Waals surface area contributed by atoms with E-state index in [1.54, 1.807) is 6.26 Å². The van der Waals surface area contributed by atoms with Crippen LogP contribution >= 0.6 is 0 Å². The van der Waals surface area contributed by atoms with Gasteiger partial charge in [0.2, 0.25) is 0 Å². The number of carbonyl (C=O) groups is 1. The summed E-state index contributed by atoms with van der Waals surface area (Å²) in [5, 5.41) is 7.39. The molecule has 2 atom stereocenters. The largest absolute Gasteiger partial charge is 0.463 e. The molecule has 2 N–H and O–H groups in total. The van der Waals surface area contributed by atoms with Crippen molar-refractivity contribution in [3.05, 3.63) is 54.3 Å². The van der Waals surface area contributed by atoms with E-state index < -0.39 is 0 Å². The van der Waals surface area contributed by atoms with Crippen molar-refractivity contribution in [3.63, 3.8) is 0 Å². The van der Waals surface area contributed by atoms with Gasteiger partial charge < -0.3 is 15.1 Å². The fraction of sp³-hybridized carbons (Fsp3) is 0.300. The third kappa shape index (κ3) is 3.15. The zero-order valence-corrected chi connectivity index (χ0v) is 14.2. The van der Waals surface area contributed by atoms with E-state index in [0.717, 1.165) is 30.4 Å². The highest BCUT2D eigenvalue weighted by Crippen LogP contribution is 2.25. The van der Waals surface area contributed by atoms with Crippen LogP contribution in [-0.2, 0) is 0 Å². The van der Waals surface area contributed by atoms with E-state index in [0.29, 0.717) is 22.9 Å². The molecule has 0 saturated carbocycles. The van der Waals surface area contributed by atoms with Gasteiger partial charge >= 0.3 is 0 Å². The molecule has 1 aromatic carbocycles. The number of pyridine rings is 1. The Morgan fingerprint density at radius 2 is 2.16 bits per heavy atom. The van der Waals surface area contributed by atoms with Crippen molar-refractivity contribution in [1.82, 2.24) is 15.6 Å². The summed E-state index contributed by atoms with van der Waals surface area (Å²) in [6, 6.07) is 13.3. The number of hydrogen-bond acceptors (Lipinski definition) is 4. The minimum absolute atomic E-state index is 0.0630. The number of para-hydroxylation sites is 1. The van der Waals surface area contributed by atoms with E-state index in [9.17, 15) is 4.79 Å². The molecule has 2 aromatic heterocycles. The van der Waals surface area contributed by atoms with Crippen LogP contribution in [0.3, 0.4) is 0 Å². The Balaban J connectivity index is 1.73. The molecule has 1 aliphatic heterocycles. The molecule has 25 heavy (non-hydrogen) atoms. The van der Waals surface area contributed by atoms with Crippen LogP contribution in [0.2, 0.25) is 0 Å². The summed E-state index contributed by atoms with van der Waals surface area (Å²) in [4.78, 5) is 17.6. The molecule has 0 aliphatic carbocycles. The molecule has 1 saturated heterocycles. The summed E-state index contributed by atoms with van der Waals surface area (Å²) in [7, 11) is 0. The number of rotatable bonds is 3. The van der Waals surface area contributed by atoms with Gasteiger partial charge in [-0.25, -0.2) is 4.98 Å². The van der Waals surface area contributed by atoms with Gasteiger partial charge in [-0.05, 0) is 43.1 Å². The molecule has 0 bridgehead atoms. The van der Waals surface area contributed by atoms with E-state index >= 15 is 0 Å². The number of aromatic nitrogens is 1. The van der Waals surface area contributed by atoms with Crippen molar-refractivity contribution in [2.24, 2.45) is 5.92 Å². The topological polar surface area (TPSA) is 67.2 Å². The number of benzene rings is 1. The molecule has 2 unspecified atom stereocenters. The normalized spacial score (nSPS) is 20.5. The molecule has 0 radical (unpaired) electrons. The number of piperidine rings is 1. The van der Waals surface area contributed by atoms with Crippen LogP contribution in [0.15, 0.2) is 53.1 Å². The van der Waals surface area contributed by atoms with Crippen molar-refractivity contribution in [2.75, 3.05) is 13.1 Å². The molecule has 1 aliphatic rings. The third-order valence-corrected chi connectivity index (χ3v) is 4.88. The summed E-state index contributed by atoms with van der Waals surface area (Å²) >= 11 is 0. The Hall–Kier alpha value is -2.66. The van der Waals surface area contributed by atoms with Crippen LogP contribution in [0, 0.1) is 5.92 Å². The summed E-state index contributed by atoms with van der Waals surface area (Å²) in [5.74, 6) is 1.06. The Kier molecular flexibility index (Phi) is 4.24. The van der Waals surface area contributed by atoms with Crippen LogP contribution in [-0.4, -0.2) is 30.0 Å². The Morgan fingerprint density at radius 1 is 1.28 bits per heavy atom. The summed E-state index contributed by atoms with van der Waals surface area (Å²) < 4.78 is 5.47. The van der Waals surface area contributed by atoms with E-state index in [1.807, 2.05) is 42.5 Å². The fourth-order valence-electron chi connectivity index (χ4n) is 3.34. The van der Waals surface area contributed by atoms with Gasteiger partial charge in [0, 0.05) is 18.0 Å². The number of furan rings is 1. The van der Waals surface area contributed by atoms with Crippen LogP contribution in [0.25, 0.3) is 22.4 Å². The van der Waals surface area contributed by atoms with Gasteiger partial charge in [-0.3, -0.25) is 4.79 Å². The average Bonchev–Trinajstić information content (AvgIpc) is 3.17. The maximum absolute atomic E-state index is 13.0. The zero-order valence-electron chi connectivity index (χ0n) is 14.2. The summed E-state index contributed by atoms with van der Waals surface area (Å²) in [6.07, 6.45) is 2.68. The minimum Gasteiger partial charge on any atom is -0.463 e. The molecular formula is C20H21N3O2. The summed E-state index contributed by atoms with van der Waals surface area (Å²) in [5.41, 5.74) is 2.09. The number of hydrogen-bond donors (Lipinski definition) is 2. The van der Waals surface area contributed by atoms with Crippen molar-refractivity contribution in [2.45, 2.75) is 19.4 Å². The molecule has 1 fully saturated rings. The predicted molar refractivity (Wildman–Crippen MR) is 97.3 cm³/mol. The highest BCUT2D eigenvalue weighted by molar-refractivity contribution is 6.07. The molecule has 3 aromatic rings. The average molecular weight is 335 g/mol. The van der Waals surface area contributed by atoms with E-state index in [-0.39, 0.29) is 11.9 Å². The maximum atomic E-state index is 13.0. The number of amides is 1. The SMILES string of the molecule is CC1CCNCC1NC(=O)c1cc(-c2ccco2)nc2ccccc12. The monoisotopic (exact) mass is 335 g/mol. The van der Waals surface area contributed by atoms with Crippen molar-refractivity contribution in [3.8, 4) is 11.5 Å². The second kappa shape index (κ2) is 6.69. The van der Waals surface area contributed by atoms with Crippen LogP contribution in [0.5, 0.6) is 0 Å². The summed E-state index contributed by atoms with van der Waals surface area (Å²) in [6.45, 7) is 4.00. The molecule has 128 valence electrons. The number of nitrogens with zero attached hydrogens (tertiary/aromatic N) is 1. The van der Waals surface area contributed by atoms with Gasteiger partial charge in [-0.1, -0.05) is 25.1 Å². The van der Waals surface area contributed by atoms with Gasteiger partial charge in [0.25, 0.3) is 5.91 Å². The molecule has 5 nitrogen and oxygen atoms in total. The Labute approximate surface area is 146 Å². The Morgan fingerprint density at radius 3 is 2.96 bits per heavy atom. The second-order valence-electron chi connectivity index (χ2n) is 6.60. The molecular weight excluding hydrogens is 314 g/mol. The predicted octanol–water partition coefficient (Wildman–Crippen LogP) is 3.22. The number of carbonyl (C=O) groups excluding carboxylic acids is 1. The number of fused-ring (bicyclic) bond motifs is 1. The second-order valence-corrected chi connectivity index (χ2v) is 6.60. The van der Waals surface area contributed by atoms with E-state index in [2.05, 4.69) is 22.5 Å². The highest BCUT2D eigenvalue weighted by atomic mass is 16.3. The lowest BCUT2D eigenvalue weighted by molar-refractivity contribution is 0.0917. The van der Waals surface area contributed by atoms with Crippen LogP contribution in [0.4, 0.5) is 0 Å². The molecule has 5 heteroatoms. The first-order valence-electron chi connectivity index (χ1n) is 8.67. The lowest BCUT2D eigenvalue weighted by Gasteiger charge is -2.30. The first kappa shape index (κ1) is 15.8. The molecule has 3 heterocycles. The van der Waals surface area contributed by atoms with Gasteiger partial charge in [-0.2, -0.15) is 0 Å². The lowest BCUT2D eigenvalue weighted by Crippen LogP contribution is -2.50. The first-order valence-corrected chi connectivity index (χ1v) is 8.67. The fourth-order valence-corrected chi connectivity index (χ4v) is 3.34. The maximum Gasteiger partial charge on any atom is 0.252 e. The van der Waals surface area contributed by atoms with Crippen molar-refractivity contribution in [1.29, 1.82) is 0 Å². The molecule has 1 amide bonds. The third-order valence-electron chi connectivity index (χ3n) is 4.88. The first-order chi connectivity index (χ1) is 12.2. The Bertz CT molecular complexity index is 889. The number of nitrogens with one attached hydrogen (secondary N) is 2. The van der Waals surface area contributed by atoms with Gasteiger partial charge in [0.05, 0.1) is 17.3 Å². The standard InChI is InChI=1S/C20H21N3O2/c1-13-8-9-21-12-18(13)23-20(24)15-11-17(19-7-4-10-25-19)22-16-6-3-2-5-14(15)16/h2-7,10-11,13,18,21H,8-9,12H2,1H3,(H,23,24). The zero-order chi connectivity index (χ0) is 17.2. The van der Waals surface area contributed by atoms with Gasteiger partial charge in [0.15, 0.2) is 5.76 Å². The molecule has 0 spiro atoms. The minimum atomic E-state index is -0.0630. The van der Waals surface area contributed by atoms with E-state index in [1.165, 1.54) is 0 Å². The van der Waals surface area contributed by atoms with Crippen molar-refractivity contribution < 1.29 is 9.21 Å². The van der Waals surface area contributed by atoms with E-state index in [4.69, 9.17) is 4.42 Å². The van der Waals surface area contributed by atoms with Crippen LogP contribution < -0.4 is 10.6 Å². The quantitative estimate of drug-likeness (QED) is 0.771. The molecule has 4 rings (SSSR count).